The van der Waals surface area contributed by atoms with Crippen LogP contribution in [-0.4, -0.2) is 53.0 Å². The Morgan fingerprint density at radius 1 is 1.08 bits per heavy atom. The maximum absolute atomic E-state index is 13.4. The number of nitrogens with zero attached hydrogens (tertiary/aromatic N) is 2. The summed E-state index contributed by atoms with van der Waals surface area (Å²) < 4.78 is 0. The van der Waals surface area contributed by atoms with Crippen LogP contribution >= 0.6 is 0 Å². The van der Waals surface area contributed by atoms with Gasteiger partial charge in [-0.15, -0.1) is 0 Å². The number of carboxylic acid groups (broad SMARTS) is 1. The van der Waals surface area contributed by atoms with E-state index in [1.807, 2.05) is 12.1 Å². The lowest BCUT2D eigenvalue weighted by atomic mass is 9.85. The number of amides is 1. The van der Waals surface area contributed by atoms with Gasteiger partial charge in [-0.25, -0.2) is 4.98 Å². The van der Waals surface area contributed by atoms with Crippen LogP contribution in [0.2, 0.25) is 0 Å². The number of likely N-dealkylation sites (tertiary alicyclic amines) is 1. The summed E-state index contributed by atoms with van der Waals surface area (Å²) in [5, 5.41) is 16.2. The molecule has 0 bridgehead atoms. The number of hydrogen-bond donors (Lipinski definition) is 3. The van der Waals surface area contributed by atoms with Gasteiger partial charge in [-0.05, 0) is 106 Å². The van der Waals surface area contributed by atoms with Crippen LogP contribution < -0.4 is 10.6 Å². The number of carboxylic acids is 1. The molecule has 1 aromatic heterocycles. The Balaban J connectivity index is 1.17. The first-order chi connectivity index (χ1) is 18.1. The molecule has 1 amide bonds. The fourth-order valence-electron chi connectivity index (χ4n) is 6.30. The van der Waals surface area contributed by atoms with Crippen LogP contribution in [0.4, 0.5) is 5.82 Å². The van der Waals surface area contributed by atoms with Crippen molar-refractivity contribution >= 4 is 17.7 Å². The lowest BCUT2D eigenvalue weighted by Gasteiger charge is -2.33. The van der Waals surface area contributed by atoms with Crippen molar-refractivity contribution in [1.29, 1.82) is 0 Å². The number of rotatable bonds is 9. The van der Waals surface area contributed by atoms with E-state index in [1.165, 1.54) is 29.5 Å². The minimum atomic E-state index is -0.880. The summed E-state index contributed by atoms with van der Waals surface area (Å²) in [4.78, 5) is 32.3. The Kier molecular flexibility index (Phi) is 8.39. The minimum Gasteiger partial charge on any atom is -0.481 e. The number of benzene rings is 1. The van der Waals surface area contributed by atoms with E-state index in [2.05, 4.69) is 33.7 Å². The third kappa shape index (κ3) is 6.50. The Bertz CT molecular complexity index is 1120. The largest absolute Gasteiger partial charge is 0.481 e. The molecule has 0 unspecified atom stereocenters. The maximum Gasteiger partial charge on any atom is 0.305 e. The zero-order chi connectivity index (χ0) is 25.6. The van der Waals surface area contributed by atoms with Gasteiger partial charge in [0, 0.05) is 18.8 Å². The van der Waals surface area contributed by atoms with Gasteiger partial charge in [0.25, 0.3) is 0 Å². The number of piperidine rings is 1. The first kappa shape index (κ1) is 25.7. The summed E-state index contributed by atoms with van der Waals surface area (Å²) in [6.45, 7) is 3.69. The third-order valence-corrected chi connectivity index (χ3v) is 8.24. The van der Waals surface area contributed by atoms with Gasteiger partial charge in [0.2, 0.25) is 5.91 Å². The van der Waals surface area contributed by atoms with Crippen LogP contribution in [0.15, 0.2) is 30.3 Å². The average molecular weight is 505 g/mol. The number of hydrogen-bond acceptors (Lipinski definition) is 5. The summed E-state index contributed by atoms with van der Waals surface area (Å²) >= 11 is 0. The molecule has 1 aliphatic carbocycles. The SMILES string of the molecule is O=C(O)C[C@@H](NC(=O)[C@@H]1CCCN(CCCc2ccc3c(n2)NCCC3)C1)c1cccc2c1CCCC2. The Morgan fingerprint density at radius 2 is 1.95 bits per heavy atom. The topological polar surface area (TPSA) is 94.6 Å². The highest BCUT2D eigenvalue weighted by Gasteiger charge is 2.29. The molecule has 198 valence electrons. The van der Waals surface area contributed by atoms with Gasteiger partial charge < -0.3 is 20.6 Å². The van der Waals surface area contributed by atoms with Crippen LogP contribution in [0, 0.1) is 5.92 Å². The molecule has 7 nitrogen and oxygen atoms in total. The van der Waals surface area contributed by atoms with E-state index in [4.69, 9.17) is 4.98 Å². The van der Waals surface area contributed by atoms with E-state index >= 15 is 0 Å². The molecular formula is C30H40N4O3. The van der Waals surface area contributed by atoms with Crippen LogP contribution in [0.25, 0.3) is 0 Å². The number of pyridine rings is 1. The van der Waals surface area contributed by atoms with E-state index in [0.717, 1.165) is 94.6 Å². The van der Waals surface area contributed by atoms with E-state index in [9.17, 15) is 14.7 Å². The highest BCUT2D eigenvalue weighted by Crippen LogP contribution is 2.30. The average Bonchev–Trinajstić information content (AvgIpc) is 2.92. The molecule has 7 heteroatoms. The summed E-state index contributed by atoms with van der Waals surface area (Å²) in [6.07, 6.45) is 10.3. The first-order valence-corrected chi connectivity index (χ1v) is 14.1. The molecule has 5 rings (SSSR count). The maximum atomic E-state index is 13.4. The summed E-state index contributed by atoms with van der Waals surface area (Å²) in [7, 11) is 0. The zero-order valence-electron chi connectivity index (χ0n) is 21.8. The molecule has 1 aromatic carbocycles. The number of carbonyl (C=O) groups excluding carboxylic acids is 1. The third-order valence-electron chi connectivity index (χ3n) is 8.24. The van der Waals surface area contributed by atoms with Crippen molar-refractivity contribution in [3.05, 3.63) is 58.3 Å². The van der Waals surface area contributed by atoms with Gasteiger partial charge in [0.15, 0.2) is 0 Å². The van der Waals surface area contributed by atoms with E-state index in [-0.39, 0.29) is 18.2 Å². The second-order valence-electron chi connectivity index (χ2n) is 10.9. The highest BCUT2D eigenvalue weighted by atomic mass is 16.4. The Morgan fingerprint density at radius 3 is 2.84 bits per heavy atom. The molecule has 3 N–H and O–H groups in total. The van der Waals surface area contributed by atoms with Crippen molar-refractivity contribution < 1.29 is 14.7 Å². The molecule has 1 saturated heterocycles. The minimum absolute atomic E-state index is 0.00760. The number of anilines is 1. The molecule has 1 fully saturated rings. The number of nitrogens with one attached hydrogen (secondary N) is 2. The number of aromatic nitrogens is 1. The van der Waals surface area contributed by atoms with Gasteiger partial charge in [-0.1, -0.05) is 24.3 Å². The molecule has 2 atom stereocenters. The van der Waals surface area contributed by atoms with Crippen molar-refractivity contribution in [2.75, 3.05) is 31.5 Å². The fraction of sp³-hybridized carbons (Fsp3) is 0.567. The van der Waals surface area contributed by atoms with Crippen LogP contribution in [-0.2, 0) is 35.3 Å². The monoisotopic (exact) mass is 504 g/mol. The second-order valence-corrected chi connectivity index (χ2v) is 10.9. The normalized spacial score (nSPS) is 20.3. The lowest BCUT2D eigenvalue weighted by Crippen LogP contribution is -2.44. The molecule has 2 aliphatic heterocycles. The molecule has 3 heterocycles. The molecular weight excluding hydrogens is 464 g/mol. The summed E-state index contributed by atoms with van der Waals surface area (Å²) in [6, 6.07) is 10.1. The lowest BCUT2D eigenvalue weighted by molar-refractivity contribution is -0.138. The van der Waals surface area contributed by atoms with Crippen LogP contribution in [0.5, 0.6) is 0 Å². The van der Waals surface area contributed by atoms with Gasteiger partial charge >= 0.3 is 5.97 Å². The van der Waals surface area contributed by atoms with Gasteiger partial charge in [0.05, 0.1) is 18.4 Å². The standard InChI is InChI=1S/C30H40N4O3/c35-28(36)19-27(26-13-3-8-21-7-1-2-12-25(21)26)33-30(37)23-10-5-17-34(20-23)18-6-11-24-15-14-22-9-4-16-31-29(22)32-24/h3,8,13-15,23,27H,1-2,4-7,9-12,16-20H2,(H,31,32)(H,33,37)(H,35,36)/t23-,27-/m1/s1. The van der Waals surface area contributed by atoms with Crippen molar-refractivity contribution in [2.24, 2.45) is 5.92 Å². The molecule has 3 aliphatic rings. The van der Waals surface area contributed by atoms with Crippen molar-refractivity contribution in [2.45, 2.75) is 76.7 Å². The van der Waals surface area contributed by atoms with E-state index in [0.29, 0.717) is 0 Å². The van der Waals surface area contributed by atoms with Crippen molar-refractivity contribution in [3.8, 4) is 0 Å². The van der Waals surface area contributed by atoms with Crippen molar-refractivity contribution in [1.82, 2.24) is 15.2 Å². The second kappa shape index (κ2) is 12.1. The smallest absolute Gasteiger partial charge is 0.305 e. The number of aliphatic carboxylic acids is 1. The van der Waals surface area contributed by atoms with Crippen LogP contribution in [0.1, 0.15) is 78.9 Å². The van der Waals surface area contributed by atoms with Gasteiger partial charge in [-0.2, -0.15) is 0 Å². The first-order valence-electron chi connectivity index (χ1n) is 14.1. The fourth-order valence-corrected chi connectivity index (χ4v) is 6.30. The molecule has 0 radical (unpaired) electrons. The van der Waals surface area contributed by atoms with E-state index in [1.54, 1.807) is 0 Å². The Hall–Kier alpha value is -2.93. The molecule has 37 heavy (non-hydrogen) atoms. The van der Waals surface area contributed by atoms with Crippen LogP contribution in [0.3, 0.4) is 0 Å². The predicted octanol–water partition coefficient (Wildman–Crippen LogP) is 4.30. The quantitative estimate of drug-likeness (QED) is 0.472. The Labute approximate surface area is 220 Å². The molecule has 0 spiro atoms. The number of carbonyl (C=O) groups is 2. The molecule has 0 saturated carbocycles. The predicted molar refractivity (Wildman–Crippen MR) is 145 cm³/mol. The highest BCUT2D eigenvalue weighted by molar-refractivity contribution is 5.80. The van der Waals surface area contributed by atoms with Gasteiger partial charge in [-0.3, -0.25) is 9.59 Å². The van der Waals surface area contributed by atoms with E-state index < -0.39 is 12.0 Å². The summed E-state index contributed by atoms with van der Waals surface area (Å²) in [5.41, 5.74) is 5.99. The molecule has 2 aromatic rings. The number of aryl methyl sites for hydroxylation is 3. The zero-order valence-corrected chi connectivity index (χ0v) is 21.8. The number of fused-ring (bicyclic) bond motifs is 2. The van der Waals surface area contributed by atoms with Gasteiger partial charge in [0.1, 0.15) is 5.82 Å². The summed E-state index contributed by atoms with van der Waals surface area (Å²) in [5.74, 6) is 0.0615. The van der Waals surface area contributed by atoms with Crippen molar-refractivity contribution in [3.63, 3.8) is 0 Å².